The molecular formula is C18H16BrN5OS. The number of anilines is 1. The van der Waals surface area contributed by atoms with Crippen LogP contribution in [0.4, 0.5) is 5.69 Å². The molecule has 0 fully saturated rings. The van der Waals surface area contributed by atoms with Crippen LogP contribution in [0.5, 0.6) is 0 Å². The number of carbonyl (C=O) groups excluding carboxylic acids is 1. The zero-order chi connectivity index (χ0) is 18.1. The smallest absolute Gasteiger partial charge is 0.240 e. The second-order valence-corrected chi connectivity index (χ2v) is 7.94. The summed E-state index contributed by atoms with van der Waals surface area (Å²) in [4.78, 5) is 13.0. The molecule has 6 nitrogen and oxygen atoms in total. The molecule has 8 heteroatoms. The predicted octanol–water partition coefficient (Wildman–Crippen LogP) is 3.75. The zero-order valence-electron chi connectivity index (χ0n) is 13.9. The van der Waals surface area contributed by atoms with Crippen LogP contribution in [-0.4, -0.2) is 26.0 Å². The average molecular weight is 430 g/mol. The van der Waals surface area contributed by atoms with Crippen LogP contribution < -0.4 is 10.7 Å². The fourth-order valence-electron chi connectivity index (χ4n) is 2.82. The topological polar surface area (TPSA) is 71.8 Å². The molecule has 1 amide bonds. The minimum atomic E-state index is -0.378. The summed E-state index contributed by atoms with van der Waals surface area (Å²) in [5.74, 6) is 0.686. The molecular weight excluding hydrogens is 414 g/mol. The Kier molecular flexibility index (Phi) is 4.69. The van der Waals surface area contributed by atoms with Crippen LogP contribution >= 0.6 is 27.7 Å². The number of nitrogens with one attached hydrogen (secondary N) is 2. The molecule has 0 bridgehead atoms. The minimum absolute atomic E-state index is 0.0782. The van der Waals surface area contributed by atoms with E-state index in [0.717, 1.165) is 21.5 Å². The fourth-order valence-corrected chi connectivity index (χ4v) is 4.21. The molecule has 2 heterocycles. The van der Waals surface area contributed by atoms with Crippen molar-refractivity contribution in [1.82, 2.24) is 14.9 Å². The standard InChI is InChI=1S/C18H16BrN5OS/c1-11-21-22-18-24(11)23-15(12-5-3-2-4-6-12)16(26-18)17(25)20-14-9-7-13(19)8-10-14/h2-10,15-16,23H,1H3,(H,20,25)/t15-,16-/m1/s1. The summed E-state index contributed by atoms with van der Waals surface area (Å²) < 4.78 is 2.81. The molecule has 132 valence electrons. The van der Waals surface area contributed by atoms with E-state index in [1.165, 1.54) is 11.8 Å². The van der Waals surface area contributed by atoms with Gasteiger partial charge in [-0.2, -0.15) is 0 Å². The van der Waals surface area contributed by atoms with Crippen molar-refractivity contribution in [2.45, 2.75) is 23.4 Å². The Morgan fingerprint density at radius 2 is 1.88 bits per heavy atom. The molecule has 3 aromatic rings. The van der Waals surface area contributed by atoms with Gasteiger partial charge in [0.2, 0.25) is 11.1 Å². The van der Waals surface area contributed by atoms with Gasteiger partial charge in [-0.25, -0.2) is 4.68 Å². The number of aryl methyl sites for hydroxylation is 1. The van der Waals surface area contributed by atoms with E-state index in [1.54, 1.807) is 0 Å². The lowest BCUT2D eigenvalue weighted by Gasteiger charge is -2.32. The summed E-state index contributed by atoms with van der Waals surface area (Å²) in [6, 6.07) is 17.3. The number of aromatic nitrogens is 3. The SMILES string of the molecule is Cc1nnc2n1N[C@H](c1ccccc1)[C@H](C(=O)Nc1ccc(Br)cc1)S2. The van der Waals surface area contributed by atoms with Crippen molar-refractivity contribution in [2.75, 3.05) is 10.7 Å². The number of benzene rings is 2. The highest BCUT2D eigenvalue weighted by Gasteiger charge is 2.37. The first-order chi connectivity index (χ1) is 12.6. The molecule has 0 saturated heterocycles. The molecule has 2 N–H and O–H groups in total. The summed E-state index contributed by atoms with van der Waals surface area (Å²) in [6.45, 7) is 1.88. The number of thioether (sulfide) groups is 1. The zero-order valence-corrected chi connectivity index (χ0v) is 16.3. The lowest BCUT2D eigenvalue weighted by molar-refractivity contribution is -0.116. The van der Waals surface area contributed by atoms with Gasteiger partial charge in [0.1, 0.15) is 11.1 Å². The first-order valence-corrected chi connectivity index (χ1v) is 9.76. The fraction of sp³-hybridized carbons (Fsp3) is 0.167. The summed E-state index contributed by atoms with van der Waals surface area (Å²) in [6.07, 6.45) is 0. The third-order valence-corrected chi connectivity index (χ3v) is 5.87. The highest BCUT2D eigenvalue weighted by atomic mass is 79.9. The molecule has 4 rings (SSSR count). The lowest BCUT2D eigenvalue weighted by Crippen LogP contribution is -2.41. The van der Waals surface area contributed by atoms with Crippen LogP contribution in [0.1, 0.15) is 17.4 Å². The first-order valence-electron chi connectivity index (χ1n) is 8.08. The van der Waals surface area contributed by atoms with Gasteiger partial charge in [-0.15, -0.1) is 10.2 Å². The third kappa shape index (κ3) is 3.34. The summed E-state index contributed by atoms with van der Waals surface area (Å²) in [5.41, 5.74) is 5.18. The number of hydrogen-bond acceptors (Lipinski definition) is 5. The van der Waals surface area contributed by atoms with Crippen LogP contribution in [0, 0.1) is 6.92 Å². The minimum Gasteiger partial charge on any atom is -0.325 e. The Balaban J connectivity index is 1.64. The molecule has 0 radical (unpaired) electrons. The number of amides is 1. The van der Waals surface area contributed by atoms with E-state index in [0.29, 0.717) is 5.16 Å². The molecule has 1 aromatic heterocycles. The maximum Gasteiger partial charge on any atom is 0.240 e. The van der Waals surface area contributed by atoms with Crippen LogP contribution in [0.3, 0.4) is 0 Å². The van der Waals surface area contributed by atoms with Crippen molar-refractivity contribution in [1.29, 1.82) is 0 Å². The Labute approximate surface area is 163 Å². The van der Waals surface area contributed by atoms with E-state index in [4.69, 9.17) is 0 Å². The van der Waals surface area contributed by atoms with E-state index in [9.17, 15) is 4.79 Å². The van der Waals surface area contributed by atoms with E-state index in [2.05, 4.69) is 36.9 Å². The van der Waals surface area contributed by atoms with Crippen molar-refractivity contribution < 1.29 is 4.79 Å². The van der Waals surface area contributed by atoms with Crippen LogP contribution in [-0.2, 0) is 4.79 Å². The van der Waals surface area contributed by atoms with E-state index in [1.807, 2.05) is 66.2 Å². The molecule has 0 aliphatic carbocycles. The van der Waals surface area contributed by atoms with Crippen molar-refractivity contribution in [3.8, 4) is 0 Å². The molecule has 0 saturated carbocycles. The highest BCUT2D eigenvalue weighted by molar-refractivity contribution is 9.10. The maximum atomic E-state index is 13.0. The third-order valence-electron chi connectivity index (χ3n) is 4.13. The van der Waals surface area contributed by atoms with Crippen LogP contribution in [0.25, 0.3) is 0 Å². The molecule has 0 spiro atoms. The average Bonchev–Trinajstić information content (AvgIpc) is 3.03. The monoisotopic (exact) mass is 429 g/mol. The van der Waals surface area contributed by atoms with Crippen molar-refractivity contribution in [2.24, 2.45) is 0 Å². The van der Waals surface area contributed by atoms with Gasteiger partial charge in [0.15, 0.2) is 0 Å². The van der Waals surface area contributed by atoms with Gasteiger partial charge < -0.3 is 10.7 Å². The van der Waals surface area contributed by atoms with Gasteiger partial charge in [0, 0.05) is 10.2 Å². The van der Waals surface area contributed by atoms with E-state index < -0.39 is 0 Å². The van der Waals surface area contributed by atoms with E-state index >= 15 is 0 Å². The number of rotatable bonds is 3. The quantitative estimate of drug-likeness (QED) is 0.663. The second-order valence-electron chi connectivity index (χ2n) is 5.92. The highest BCUT2D eigenvalue weighted by Crippen LogP contribution is 2.37. The Morgan fingerprint density at radius 3 is 2.62 bits per heavy atom. The molecule has 2 atom stereocenters. The van der Waals surface area contributed by atoms with Crippen molar-refractivity contribution in [3.05, 3.63) is 70.5 Å². The molecule has 1 aliphatic rings. The molecule has 2 aromatic carbocycles. The van der Waals surface area contributed by atoms with Gasteiger partial charge >= 0.3 is 0 Å². The number of hydrogen-bond donors (Lipinski definition) is 2. The van der Waals surface area contributed by atoms with Crippen molar-refractivity contribution in [3.63, 3.8) is 0 Å². The van der Waals surface area contributed by atoms with Gasteiger partial charge in [-0.3, -0.25) is 4.79 Å². The summed E-state index contributed by atoms with van der Waals surface area (Å²) >= 11 is 4.82. The molecule has 0 unspecified atom stereocenters. The Morgan fingerprint density at radius 1 is 1.15 bits per heavy atom. The van der Waals surface area contributed by atoms with Gasteiger partial charge in [-0.1, -0.05) is 58.0 Å². The van der Waals surface area contributed by atoms with Crippen LogP contribution in [0.2, 0.25) is 0 Å². The first kappa shape index (κ1) is 17.1. The number of nitrogens with zero attached hydrogens (tertiary/aromatic N) is 3. The van der Waals surface area contributed by atoms with E-state index in [-0.39, 0.29) is 17.2 Å². The summed E-state index contributed by atoms with van der Waals surface area (Å²) in [5, 5.41) is 11.6. The van der Waals surface area contributed by atoms with Crippen LogP contribution in [0.15, 0.2) is 64.2 Å². The van der Waals surface area contributed by atoms with Gasteiger partial charge in [-0.05, 0) is 36.8 Å². The number of fused-ring (bicyclic) bond motifs is 1. The van der Waals surface area contributed by atoms with Crippen molar-refractivity contribution >= 4 is 39.3 Å². The molecule has 1 aliphatic heterocycles. The normalized spacial score (nSPS) is 18.7. The largest absolute Gasteiger partial charge is 0.325 e. The Bertz CT molecular complexity index is 929. The number of carbonyl (C=O) groups is 1. The second kappa shape index (κ2) is 7.13. The lowest BCUT2D eigenvalue weighted by atomic mass is 10.0. The summed E-state index contributed by atoms with van der Waals surface area (Å²) in [7, 11) is 0. The molecule has 26 heavy (non-hydrogen) atoms. The van der Waals surface area contributed by atoms with Gasteiger partial charge in [0.05, 0.1) is 6.04 Å². The Hall–Kier alpha value is -2.32. The maximum absolute atomic E-state index is 13.0. The predicted molar refractivity (Wildman–Crippen MR) is 106 cm³/mol. The number of halogens is 1. The van der Waals surface area contributed by atoms with Gasteiger partial charge in [0.25, 0.3) is 0 Å².